The van der Waals surface area contributed by atoms with Crippen molar-refractivity contribution in [2.24, 2.45) is 4.99 Å². The lowest BCUT2D eigenvalue weighted by molar-refractivity contribution is 0.353. The summed E-state index contributed by atoms with van der Waals surface area (Å²) >= 11 is 0. The van der Waals surface area contributed by atoms with Crippen LogP contribution in [0, 0.1) is 6.92 Å². The van der Waals surface area contributed by atoms with Gasteiger partial charge in [0.15, 0.2) is 17.5 Å². The highest BCUT2D eigenvalue weighted by Gasteiger charge is 2.15. The maximum atomic E-state index is 5.46. The van der Waals surface area contributed by atoms with Crippen molar-refractivity contribution in [3.63, 3.8) is 0 Å². The Morgan fingerprint density at radius 2 is 1.91 bits per heavy atom. The largest absolute Gasteiger partial charge is 0.493 e. The molecule has 1 N–H and O–H groups in total. The Morgan fingerprint density at radius 1 is 1.16 bits per heavy atom. The van der Waals surface area contributed by atoms with Gasteiger partial charge in [0.2, 0.25) is 0 Å². The average molecular weight is 556 g/mol. The summed E-state index contributed by atoms with van der Waals surface area (Å²) in [6, 6.07) is 4.05. The molecule has 0 atom stereocenters. The monoisotopic (exact) mass is 556 g/mol. The molecule has 178 valence electrons. The van der Waals surface area contributed by atoms with Gasteiger partial charge in [0.05, 0.1) is 14.2 Å². The van der Waals surface area contributed by atoms with E-state index in [1.807, 2.05) is 26.2 Å². The van der Waals surface area contributed by atoms with E-state index in [9.17, 15) is 0 Å². The summed E-state index contributed by atoms with van der Waals surface area (Å²) < 4.78 is 13.2. The average Bonchev–Trinajstić information content (AvgIpc) is 3.00. The number of methoxy groups -OCH3 is 2. The molecule has 1 aliphatic heterocycles. The van der Waals surface area contributed by atoms with Crippen molar-refractivity contribution in [1.82, 2.24) is 25.0 Å². The van der Waals surface area contributed by atoms with Gasteiger partial charge in [-0.2, -0.15) is 0 Å². The maximum Gasteiger partial charge on any atom is 0.193 e. The lowest BCUT2D eigenvalue weighted by Gasteiger charge is -2.23. The molecule has 3 rings (SSSR count). The smallest absolute Gasteiger partial charge is 0.193 e. The van der Waals surface area contributed by atoms with Gasteiger partial charge in [-0.1, -0.05) is 6.42 Å². The third-order valence-electron chi connectivity index (χ3n) is 5.87. The van der Waals surface area contributed by atoms with Crippen molar-refractivity contribution >= 4 is 29.9 Å². The lowest BCUT2D eigenvalue weighted by Crippen LogP contribution is -2.39. The summed E-state index contributed by atoms with van der Waals surface area (Å²) in [5.74, 6) is 4.63. The highest BCUT2D eigenvalue weighted by Crippen LogP contribution is 2.30. The van der Waals surface area contributed by atoms with E-state index < -0.39 is 0 Å². The van der Waals surface area contributed by atoms with Crippen LogP contribution in [0.15, 0.2) is 17.1 Å². The van der Waals surface area contributed by atoms with Crippen LogP contribution in [0.25, 0.3) is 0 Å². The van der Waals surface area contributed by atoms with Crippen LogP contribution in [-0.2, 0) is 25.9 Å². The van der Waals surface area contributed by atoms with Crippen LogP contribution in [0.3, 0.4) is 0 Å². The standard InChI is InChI=1S/C23H36N6O2.HI/c1-17-14-19(30-4)20(31-5)15-18(17)16-28(3)23(24-2)25-12-9-11-22-27-26-21-10-7-6-8-13-29(21)22;/h14-15H,6-13,16H2,1-5H3,(H,24,25);1H. The first-order valence-corrected chi connectivity index (χ1v) is 11.1. The normalized spacial score (nSPS) is 13.6. The predicted molar refractivity (Wildman–Crippen MR) is 138 cm³/mol. The third kappa shape index (κ3) is 6.49. The molecule has 0 radical (unpaired) electrons. The van der Waals surface area contributed by atoms with E-state index in [4.69, 9.17) is 9.47 Å². The summed E-state index contributed by atoms with van der Waals surface area (Å²) in [6.45, 7) is 4.71. The summed E-state index contributed by atoms with van der Waals surface area (Å²) in [5, 5.41) is 12.3. The van der Waals surface area contributed by atoms with E-state index in [0.29, 0.717) is 0 Å². The van der Waals surface area contributed by atoms with Crippen molar-refractivity contribution in [3.05, 3.63) is 34.9 Å². The van der Waals surface area contributed by atoms with Gasteiger partial charge in [-0.05, 0) is 49.4 Å². The molecule has 8 nitrogen and oxygen atoms in total. The number of halogens is 1. The minimum Gasteiger partial charge on any atom is -0.493 e. The predicted octanol–water partition coefficient (Wildman–Crippen LogP) is 3.59. The molecule has 0 saturated carbocycles. The minimum atomic E-state index is 0. The van der Waals surface area contributed by atoms with Crippen LogP contribution < -0.4 is 14.8 Å². The number of aliphatic imine (C=N–C) groups is 1. The summed E-state index contributed by atoms with van der Waals surface area (Å²) in [4.78, 5) is 6.57. The van der Waals surface area contributed by atoms with E-state index >= 15 is 0 Å². The highest BCUT2D eigenvalue weighted by molar-refractivity contribution is 14.0. The Balaban J connectivity index is 0.00000363. The van der Waals surface area contributed by atoms with Crippen LogP contribution in [0.2, 0.25) is 0 Å². The van der Waals surface area contributed by atoms with Gasteiger partial charge in [-0.15, -0.1) is 34.2 Å². The number of guanidine groups is 1. The molecule has 0 spiro atoms. The molecule has 32 heavy (non-hydrogen) atoms. The molecule has 0 aliphatic carbocycles. The number of nitrogens with zero attached hydrogens (tertiary/aromatic N) is 5. The van der Waals surface area contributed by atoms with Gasteiger partial charge in [-0.3, -0.25) is 4.99 Å². The Morgan fingerprint density at radius 3 is 2.62 bits per heavy atom. The number of aromatic nitrogens is 3. The number of ether oxygens (including phenoxy) is 2. The van der Waals surface area contributed by atoms with Gasteiger partial charge in [-0.25, -0.2) is 0 Å². The molecule has 9 heteroatoms. The van der Waals surface area contributed by atoms with E-state index in [2.05, 4.69) is 36.9 Å². The van der Waals surface area contributed by atoms with Gasteiger partial charge < -0.3 is 24.3 Å². The number of hydrogen-bond donors (Lipinski definition) is 1. The van der Waals surface area contributed by atoms with Crippen LogP contribution in [0.1, 0.15) is 48.5 Å². The van der Waals surface area contributed by atoms with Gasteiger partial charge >= 0.3 is 0 Å². The molecule has 1 aromatic carbocycles. The Labute approximate surface area is 208 Å². The maximum absolute atomic E-state index is 5.46. The number of fused-ring (bicyclic) bond motifs is 1. The number of benzene rings is 1. The fraction of sp³-hybridized carbons (Fsp3) is 0.609. The van der Waals surface area contributed by atoms with E-state index in [-0.39, 0.29) is 24.0 Å². The van der Waals surface area contributed by atoms with E-state index in [1.54, 1.807) is 14.2 Å². The fourth-order valence-corrected chi connectivity index (χ4v) is 4.09. The minimum absolute atomic E-state index is 0. The highest BCUT2D eigenvalue weighted by atomic mass is 127. The number of rotatable bonds is 8. The topological polar surface area (TPSA) is 76.8 Å². The van der Waals surface area contributed by atoms with Crippen molar-refractivity contribution in [2.75, 3.05) is 34.9 Å². The second-order valence-electron chi connectivity index (χ2n) is 8.06. The fourth-order valence-electron chi connectivity index (χ4n) is 4.09. The van der Waals surface area contributed by atoms with Crippen molar-refractivity contribution in [2.45, 2.75) is 58.5 Å². The zero-order chi connectivity index (χ0) is 22.2. The first-order valence-electron chi connectivity index (χ1n) is 11.1. The number of nitrogens with one attached hydrogen (secondary N) is 1. The third-order valence-corrected chi connectivity index (χ3v) is 5.87. The Kier molecular flexibility index (Phi) is 10.5. The van der Waals surface area contributed by atoms with Crippen molar-refractivity contribution < 1.29 is 9.47 Å². The van der Waals surface area contributed by atoms with E-state index in [1.165, 1.54) is 24.8 Å². The molecule has 0 amide bonds. The van der Waals surface area contributed by atoms with Crippen LogP contribution in [0.4, 0.5) is 0 Å². The van der Waals surface area contributed by atoms with Crippen LogP contribution >= 0.6 is 24.0 Å². The SMILES string of the molecule is CN=C(NCCCc1nnc2n1CCCCC2)N(C)Cc1cc(OC)c(OC)cc1C.I. The summed E-state index contributed by atoms with van der Waals surface area (Å²) in [7, 11) is 7.18. The second-order valence-corrected chi connectivity index (χ2v) is 8.06. The van der Waals surface area contributed by atoms with Gasteiger partial charge in [0.25, 0.3) is 0 Å². The zero-order valence-electron chi connectivity index (χ0n) is 20.0. The van der Waals surface area contributed by atoms with E-state index in [0.717, 1.165) is 73.6 Å². The van der Waals surface area contributed by atoms with Gasteiger partial charge in [0.1, 0.15) is 11.6 Å². The van der Waals surface area contributed by atoms with Crippen LogP contribution in [-0.4, -0.2) is 60.5 Å². The zero-order valence-corrected chi connectivity index (χ0v) is 22.3. The molecule has 0 fully saturated rings. The molecular weight excluding hydrogens is 519 g/mol. The molecule has 0 saturated heterocycles. The van der Waals surface area contributed by atoms with Crippen molar-refractivity contribution in [3.8, 4) is 11.5 Å². The first-order chi connectivity index (χ1) is 15.1. The summed E-state index contributed by atoms with van der Waals surface area (Å²) in [6.07, 6.45) is 6.70. The van der Waals surface area contributed by atoms with Gasteiger partial charge in [0, 0.05) is 46.6 Å². The molecule has 0 bridgehead atoms. The van der Waals surface area contributed by atoms with Crippen LogP contribution in [0.5, 0.6) is 11.5 Å². The molecule has 2 heterocycles. The molecular formula is C23H37IN6O2. The number of aryl methyl sites for hydroxylation is 3. The Bertz CT molecular complexity index is 899. The molecule has 0 unspecified atom stereocenters. The van der Waals surface area contributed by atoms with Crippen molar-refractivity contribution in [1.29, 1.82) is 0 Å². The molecule has 1 aromatic heterocycles. The lowest BCUT2D eigenvalue weighted by atomic mass is 10.1. The first kappa shape index (κ1) is 26.2. The Hall–Kier alpha value is -2.04. The summed E-state index contributed by atoms with van der Waals surface area (Å²) in [5.41, 5.74) is 2.33. The quantitative estimate of drug-likeness (QED) is 0.232. The second kappa shape index (κ2) is 12.9. The molecule has 2 aromatic rings. The molecule has 1 aliphatic rings. The number of hydrogen-bond acceptors (Lipinski definition) is 5.